The first-order valence-corrected chi connectivity index (χ1v) is 6.87. The van der Waals surface area contributed by atoms with Gasteiger partial charge in [-0.15, -0.1) is 0 Å². The lowest BCUT2D eigenvalue weighted by Crippen LogP contribution is -2.24. The minimum absolute atomic E-state index is 0.233. The van der Waals surface area contributed by atoms with Crippen LogP contribution in [-0.4, -0.2) is 18.3 Å². The zero-order chi connectivity index (χ0) is 14.4. The second kappa shape index (κ2) is 6.96. The minimum Gasteiger partial charge on any atom is -0.508 e. The van der Waals surface area contributed by atoms with Gasteiger partial charge in [0, 0.05) is 12.6 Å². The van der Waals surface area contributed by atoms with E-state index in [1.165, 1.54) is 5.56 Å². The summed E-state index contributed by atoms with van der Waals surface area (Å²) in [5.41, 5.74) is 2.35. The topological polar surface area (TPSA) is 41.5 Å². The molecule has 2 aromatic rings. The maximum atomic E-state index is 9.26. The van der Waals surface area contributed by atoms with E-state index in [-0.39, 0.29) is 6.04 Å². The van der Waals surface area contributed by atoms with E-state index in [1.54, 1.807) is 12.1 Å². The summed E-state index contributed by atoms with van der Waals surface area (Å²) in [5.74, 6) is 1.20. The van der Waals surface area contributed by atoms with Gasteiger partial charge in [0.1, 0.15) is 18.1 Å². The van der Waals surface area contributed by atoms with Gasteiger partial charge in [-0.1, -0.05) is 24.3 Å². The molecule has 0 amide bonds. The SMILES string of the molecule is Cc1cccc(OCCNC(C)c2ccc(O)cc2)c1. The number of aromatic hydroxyl groups is 1. The molecule has 0 aromatic heterocycles. The average molecular weight is 271 g/mol. The first kappa shape index (κ1) is 14.4. The number of rotatable bonds is 6. The van der Waals surface area contributed by atoms with Crippen molar-refractivity contribution < 1.29 is 9.84 Å². The van der Waals surface area contributed by atoms with Crippen LogP contribution in [0.15, 0.2) is 48.5 Å². The van der Waals surface area contributed by atoms with Crippen LogP contribution in [0.3, 0.4) is 0 Å². The molecule has 0 aliphatic carbocycles. The van der Waals surface area contributed by atoms with Crippen molar-refractivity contribution in [1.29, 1.82) is 0 Å². The molecule has 0 spiro atoms. The Morgan fingerprint density at radius 2 is 1.90 bits per heavy atom. The molecule has 1 atom stereocenters. The highest BCUT2D eigenvalue weighted by Crippen LogP contribution is 2.16. The molecule has 2 N–H and O–H groups in total. The summed E-state index contributed by atoms with van der Waals surface area (Å²) in [4.78, 5) is 0. The van der Waals surface area contributed by atoms with Crippen LogP contribution in [0.2, 0.25) is 0 Å². The van der Waals surface area contributed by atoms with E-state index in [4.69, 9.17) is 4.74 Å². The van der Waals surface area contributed by atoms with Crippen LogP contribution in [0, 0.1) is 6.92 Å². The van der Waals surface area contributed by atoms with E-state index in [0.717, 1.165) is 17.9 Å². The van der Waals surface area contributed by atoms with Crippen LogP contribution in [0.5, 0.6) is 11.5 Å². The highest BCUT2D eigenvalue weighted by atomic mass is 16.5. The lowest BCUT2D eigenvalue weighted by molar-refractivity contribution is 0.307. The third-order valence-electron chi connectivity index (χ3n) is 3.20. The van der Waals surface area contributed by atoms with Gasteiger partial charge in [-0.05, 0) is 49.2 Å². The molecule has 3 nitrogen and oxygen atoms in total. The molecule has 2 rings (SSSR count). The molecule has 106 valence electrons. The molecule has 0 fully saturated rings. The van der Waals surface area contributed by atoms with Crippen molar-refractivity contribution in [3.63, 3.8) is 0 Å². The first-order valence-electron chi connectivity index (χ1n) is 6.87. The monoisotopic (exact) mass is 271 g/mol. The Kier molecular flexibility index (Phi) is 5.02. The predicted octanol–water partition coefficient (Wildman–Crippen LogP) is 3.43. The molecular weight excluding hydrogens is 250 g/mol. The highest BCUT2D eigenvalue weighted by molar-refractivity contribution is 5.28. The molecule has 3 heteroatoms. The Bertz CT molecular complexity index is 537. The summed E-state index contributed by atoms with van der Waals surface area (Å²) < 4.78 is 5.69. The van der Waals surface area contributed by atoms with Crippen LogP contribution in [0.4, 0.5) is 0 Å². The number of hydrogen-bond acceptors (Lipinski definition) is 3. The Balaban J connectivity index is 1.74. The minimum atomic E-state index is 0.233. The van der Waals surface area contributed by atoms with E-state index >= 15 is 0 Å². The molecule has 0 aliphatic heterocycles. The number of phenolic OH excluding ortho intramolecular Hbond substituents is 1. The fourth-order valence-electron chi connectivity index (χ4n) is 2.03. The summed E-state index contributed by atoms with van der Waals surface area (Å²) >= 11 is 0. The third-order valence-corrected chi connectivity index (χ3v) is 3.20. The van der Waals surface area contributed by atoms with Gasteiger partial charge in [0.2, 0.25) is 0 Å². The molecule has 0 saturated carbocycles. The maximum Gasteiger partial charge on any atom is 0.119 e. The average Bonchev–Trinajstić information content (AvgIpc) is 2.44. The van der Waals surface area contributed by atoms with Gasteiger partial charge in [0.05, 0.1) is 0 Å². The quantitative estimate of drug-likeness (QED) is 0.791. The molecule has 0 bridgehead atoms. The van der Waals surface area contributed by atoms with Crippen LogP contribution in [-0.2, 0) is 0 Å². The second-order valence-electron chi connectivity index (χ2n) is 4.93. The molecule has 1 unspecified atom stereocenters. The van der Waals surface area contributed by atoms with Crippen molar-refractivity contribution in [1.82, 2.24) is 5.32 Å². The fraction of sp³-hybridized carbons (Fsp3) is 0.294. The van der Waals surface area contributed by atoms with E-state index in [9.17, 15) is 5.11 Å². The van der Waals surface area contributed by atoms with Gasteiger partial charge in [-0.2, -0.15) is 0 Å². The maximum absolute atomic E-state index is 9.26. The van der Waals surface area contributed by atoms with Crippen molar-refractivity contribution in [2.24, 2.45) is 0 Å². The highest BCUT2D eigenvalue weighted by Gasteiger charge is 2.04. The van der Waals surface area contributed by atoms with Crippen molar-refractivity contribution in [2.45, 2.75) is 19.9 Å². The van der Waals surface area contributed by atoms with E-state index < -0.39 is 0 Å². The lowest BCUT2D eigenvalue weighted by atomic mass is 10.1. The van der Waals surface area contributed by atoms with Crippen molar-refractivity contribution in [3.05, 3.63) is 59.7 Å². The van der Waals surface area contributed by atoms with Gasteiger partial charge >= 0.3 is 0 Å². The van der Waals surface area contributed by atoms with Gasteiger partial charge in [0.15, 0.2) is 0 Å². The van der Waals surface area contributed by atoms with Crippen LogP contribution in [0.25, 0.3) is 0 Å². The van der Waals surface area contributed by atoms with Crippen LogP contribution >= 0.6 is 0 Å². The predicted molar refractivity (Wildman–Crippen MR) is 81.2 cm³/mol. The van der Waals surface area contributed by atoms with Gasteiger partial charge in [0.25, 0.3) is 0 Å². The largest absolute Gasteiger partial charge is 0.508 e. The molecule has 2 aromatic carbocycles. The normalized spacial score (nSPS) is 12.1. The number of aryl methyl sites for hydroxylation is 1. The molecule has 0 radical (unpaired) electrons. The van der Waals surface area contributed by atoms with Crippen LogP contribution in [0.1, 0.15) is 24.1 Å². The van der Waals surface area contributed by atoms with Gasteiger partial charge in [-0.3, -0.25) is 0 Å². The number of phenols is 1. The van der Waals surface area contributed by atoms with E-state index in [1.807, 2.05) is 30.3 Å². The zero-order valence-corrected chi connectivity index (χ0v) is 12.0. The molecule has 0 aliphatic rings. The Morgan fingerprint density at radius 1 is 1.15 bits per heavy atom. The first-order chi connectivity index (χ1) is 9.65. The summed E-state index contributed by atoms with van der Waals surface area (Å²) in [6, 6.07) is 15.5. The van der Waals surface area contributed by atoms with Crippen LogP contribution < -0.4 is 10.1 Å². The molecule has 0 heterocycles. The number of nitrogens with one attached hydrogen (secondary N) is 1. The van der Waals surface area contributed by atoms with Crippen molar-refractivity contribution >= 4 is 0 Å². The number of ether oxygens (including phenoxy) is 1. The lowest BCUT2D eigenvalue weighted by Gasteiger charge is -2.15. The Morgan fingerprint density at radius 3 is 2.60 bits per heavy atom. The van der Waals surface area contributed by atoms with E-state index in [2.05, 4.69) is 25.2 Å². The Hall–Kier alpha value is -2.00. The molecule has 0 saturated heterocycles. The molecule has 20 heavy (non-hydrogen) atoms. The number of benzene rings is 2. The van der Waals surface area contributed by atoms with Crippen molar-refractivity contribution in [3.8, 4) is 11.5 Å². The smallest absolute Gasteiger partial charge is 0.119 e. The van der Waals surface area contributed by atoms with Gasteiger partial charge < -0.3 is 15.2 Å². The standard InChI is InChI=1S/C17H21NO2/c1-13-4-3-5-17(12-13)20-11-10-18-14(2)15-6-8-16(19)9-7-15/h3-9,12,14,18-19H,10-11H2,1-2H3. The number of hydrogen-bond donors (Lipinski definition) is 2. The summed E-state index contributed by atoms with van der Waals surface area (Å²) in [6.45, 7) is 5.55. The fourth-order valence-corrected chi connectivity index (χ4v) is 2.03. The van der Waals surface area contributed by atoms with E-state index in [0.29, 0.717) is 12.4 Å². The summed E-state index contributed by atoms with van der Waals surface area (Å²) in [7, 11) is 0. The Labute approximate surface area is 120 Å². The zero-order valence-electron chi connectivity index (χ0n) is 12.0. The summed E-state index contributed by atoms with van der Waals surface area (Å²) in [5, 5.41) is 12.7. The second-order valence-corrected chi connectivity index (χ2v) is 4.93. The van der Waals surface area contributed by atoms with Crippen molar-refractivity contribution in [2.75, 3.05) is 13.2 Å². The molecular formula is C17H21NO2. The third kappa shape index (κ3) is 4.28. The van der Waals surface area contributed by atoms with Gasteiger partial charge in [-0.25, -0.2) is 0 Å². The summed E-state index contributed by atoms with van der Waals surface area (Å²) in [6.07, 6.45) is 0.